The first-order valence-electron chi connectivity index (χ1n) is 6.66. The van der Waals surface area contributed by atoms with Gasteiger partial charge in [-0.1, -0.05) is 13.8 Å². The molecule has 0 spiro atoms. The maximum Gasteiger partial charge on any atom is 0.265 e. The molecule has 0 bridgehead atoms. The number of aromatic nitrogens is 4. The lowest BCUT2D eigenvalue weighted by molar-refractivity contribution is 0.607. The van der Waals surface area contributed by atoms with E-state index in [1.54, 1.807) is 0 Å². The summed E-state index contributed by atoms with van der Waals surface area (Å²) in [6, 6.07) is 1.85. The topological polar surface area (TPSA) is 77.7 Å². The van der Waals surface area contributed by atoms with Gasteiger partial charge in [0.15, 0.2) is 0 Å². The smallest absolute Gasteiger partial charge is 0.216 e. The highest BCUT2D eigenvalue weighted by atomic mass is 35.7. The van der Waals surface area contributed by atoms with Gasteiger partial charge < -0.3 is 0 Å². The number of nitrogens with zero attached hydrogens (tertiary/aromatic N) is 4. The zero-order valence-electron chi connectivity index (χ0n) is 12.4. The summed E-state index contributed by atoms with van der Waals surface area (Å²) in [5, 5.41) is 4.35. The van der Waals surface area contributed by atoms with Crippen LogP contribution in [0.15, 0.2) is 11.0 Å². The van der Waals surface area contributed by atoms with Crippen LogP contribution in [0.25, 0.3) is 5.95 Å². The molecule has 114 valence electrons. The van der Waals surface area contributed by atoms with Crippen LogP contribution >= 0.6 is 10.7 Å². The Bertz CT molecular complexity index is 763. The van der Waals surface area contributed by atoms with E-state index in [1.807, 2.05) is 33.8 Å². The second kappa shape index (κ2) is 5.73. The summed E-state index contributed by atoms with van der Waals surface area (Å²) in [7, 11) is 1.71. The molecule has 0 aliphatic carbocycles. The molecule has 2 aromatic rings. The minimum atomic E-state index is -3.86. The largest absolute Gasteiger partial charge is 0.265 e. The molecule has 8 heteroatoms. The lowest BCUT2D eigenvalue weighted by Crippen LogP contribution is -2.09. The predicted octanol–water partition coefficient (Wildman–Crippen LogP) is 2.33. The Hall–Kier alpha value is -1.47. The van der Waals surface area contributed by atoms with Gasteiger partial charge in [0.2, 0.25) is 0 Å². The Balaban J connectivity index is 2.78. The van der Waals surface area contributed by atoms with E-state index in [4.69, 9.17) is 10.7 Å². The summed E-state index contributed by atoms with van der Waals surface area (Å²) in [5.41, 5.74) is 2.53. The van der Waals surface area contributed by atoms with Crippen LogP contribution in [0.2, 0.25) is 0 Å². The zero-order chi connectivity index (χ0) is 15.8. The lowest BCUT2D eigenvalue weighted by Gasteiger charge is -2.06. The van der Waals surface area contributed by atoms with Crippen LogP contribution in [0.3, 0.4) is 0 Å². The van der Waals surface area contributed by atoms with E-state index >= 15 is 0 Å². The summed E-state index contributed by atoms with van der Waals surface area (Å²) < 4.78 is 25.2. The third kappa shape index (κ3) is 3.08. The lowest BCUT2D eigenvalue weighted by atomic mass is 10.2. The molecule has 6 nitrogen and oxygen atoms in total. The van der Waals surface area contributed by atoms with Gasteiger partial charge in [-0.15, -0.1) is 0 Å². The van der Waals surface area contributed by atoms with Crippen molar-refractivity contribution in [3.63, 3.8) is 0 Å². The fraction of sp³-hybridized carbons (Fsp3) is 0.462. The van der Waals surface area contributed by atoms with Gasteiger partial charge >= 0.3 is 0 Å². The van der Waals surface area contributed by atoms with Gasteiger partial charge in [0, 0.05) is 22.1 Å². The molecule has 2 rings (SSSR count). The summed E-state index contributed by atoms with van der Waals surface area (Å²) in [6.07, 6.45) is 0.927. The van der Waals surface area contributed by atoms with E-state index in [-0.39, 0.29) is 4.90 Å². The van der Waals surface area contributed by atoms with Gasteiger partial charge in [-0.2, -0.15) is 5.10 Å². The van der Waals surface area contributed by atoms with Gasteiger partial charge in [0.1, 0.15) is 4.90 Å². The van der Waals surface area contributed by atoms with Crippen molar-refractivity contribution in [2.75, 3.05) is 0 Å². The summed E-state index contributed by atoms with van der Waals surface area (Å²) in [5.74, 6) is 0.366. The van der Waals surface area contributed by atoms with E-state index in [9.17, 15) is 8.42 Å². The number of aryl methyl sites for hydroxylation is 3. The molecule has 0 radical (unpaired) electrons. The maximum absolute atomic E-state index is 11.8. The van der Waals surface area contributed by atoms with Crippen LogP contribution in [0.4, 0.5) is 0 Å². The quantitative estimate of drug-likeness (QED) is 0.805. The molecule has 0 amide bonds. The first-order valence-corrected chi connectivity index (χ1v) is 8.97. The normalized spacial score (nSPS) is 11.9. The molecule has 0 aromatic carbocycles. The zero-order valence-corrected chi connectivity index (χ0v) is 14.0. The van der Waals surface area contributed by atoms with E-state index < -0.39 is 9.05 Å². The number of halogens is 1. The second-order valence-electron chi connectivity index (χ2n) is 4.73. The van der Waals surface area contributed by atoms with Gasteiger partial charge in [0.25, 0.3) is 15.0 Å². The minimum absolute atomic E-state index is 0.0805. The molecular formula is C13H17ClN4O2S. The highest BCUT2D eigenvalue weighted by molar-refractivity contribution is 8.13. The highest BCUT2D eigenvalue weighted by Gasteiger charge is 2.26. The van der Waals surface area contributed by atoms with E-state index in [0.717, 1.165) is 11.4 Å². The van der Waals surface area contributed by atoms with Crippen LogP contribution in [0.5, 0.6) is 0 Å². The second-order valence-corrected chi connectivity index (χ2v) is 7.23. The van der Waals surface area contributed by atoms with Crippen LogP contribution < -0.4 is 0 Å². The molecular weight excluding hydrogens is 312 g/mol. The van der Waals surface area contributed by atoms with Gasteiger partial charge in [-0.3, -0.25) is 0 Å². The first-order chi connectivity index (χ1) is 9.77. The third-order valence-electron chi connectivity index (χ3n) is 3.07. The van der Waals surface area contributed by atoms with Crippen LogP contribution in [0, 0.1) is 13.8 Å². The summed E-state index contributed by atoms with van der Waals surface area (Å²) in [4.78, 5) is 8.75. The van der Waals surface area contributed by atoms with Crippen molar-refractivity contribution in [2.24, 2.45) is 0 Å². The average molecular weight is 329 g/mol. The van der Waals surface area contributed by atoms with Crippen molar-refractivity contribution in [1.29, 1.82) is 0 Å². The van der Waals surface area contributed by atoms with E-state index in [1.165, 1.54) is 4.68 Å². The Morgan fingerprint density at radius 1 is 1.14 bits per heavy atom. The Kier molecular flexibility index (Phi) is 4.34. The van der Waals surface area contributed by atoms with Crippen molar-refractivity contribution in [3.05, 3.63) is 28.8 Å². The molecule has 0 saturated heterocycles. The number of hydrogen-bond acceptors (Lipinski definition) is 5. The van der Waals surface area contributed by atoms with Crippen molar-refractivity contribution in [1.82, 2.24) is 19.7 Å². The minimum Gasteiger partial charge on any atom is -0.216 e. The average Bonchev–Trinajstić information content (AvgIpc) is 2.75. The van der Waals surface area contributed by atoms with Crippen molar-refractivity contribution < 1.29 is 8.42 Å². The molecule has 0 atom stereocenters. The standard InChI is InChI=1S/C13H17ClN4O2S/c1-5-10-12(21(14,19)20)11(6-2)18(17-10)13-15-8(3)7-9(4)16-13/h7H,5-6H2,1-4H3. The monoisotopic (exact) mass is 328 g/mol. The van der Waals surface area contributed by atoms with Gasteiger partial charge in [-0.05, 0) is 32.8 Å². The van der Waals surface area contributed by atoms with Crippen molar-refractivity contribution in [3.8, 4) is 5.95 Å². The molecule has 0 saturated carbocycles. The number of hydrogen-bond donors (Lipinski definition) is 0. The van der Waals surface area contributed by atoms with E-state index in [2.05, 4.69) is 15.1 Å². The molecule has 21 heavy (non-hydrogen) atoms. The van der Waals surface area contributed by atoms with Gasteiger partial charge in [0.05, 0.1) is 11.4 Å². The van der Waals surface area contributed by atoms with Crippen LogP contribution in [0.1, 0.15) is 36.6 Å². The molecule has 0 fully saturated rings. The molecule has 2 aromatic heterocycles. The molecule has 2 heterocycles. The fourth-order valence-electron chi connectivity index (χ4n) is 2.28. The van der Waals surface area contributed by atoms with Crippen LogP contribution in [-0.2, 0) is 21.9 Å². The number of rotatable bonds is 4. The Morgan fingerprint density at radius 3 is 2.14 bits per heavy atom. The van der Waals surface area contributed by atoms with Crippen molar-refractivity contribution >= 4 is 19.7 Å². The van der Waals surface area contributed by atoms with Gasteiger partial charge in [-0.25, -0.2) is 23.1 Å². The predicted molar refractivity (Wildman–Crippen MR) is 80.4 cm³/mol. The fourth-order valence-corrected chi connectivity index (χ4v) is 3.79. The summed E-state index contributed by atoms with van der Waals surface area (Å²) >= 11 is 0. The molecule has 0 aliphatic rings. The van der Waals surface area contributed by atoms with Crippen LogP contribution in [-0.4, -0.2) is 28.2 Å². The maximum atomic E-state index is 11.8. The highest BCUT2D eigenvalue weighted by Crippen LogP contribution is 2.26. The van der Waals surface area contributed by atoms with E-state index in [0.29, 0.717) is 30.2 Å². The Morgan fingerprint density at radius 2 is 1.71 bits per heavy atom. The van der Waals surface area contributed by atoms with Crippen molar-refractivity contribution in [2.45, 2.75) is 45.4 Å². The molecule has 0 unspecified atom stereocenters. The first kappa shape index (κ1) is 15.9. The molecule has 0 N–H and O–H groups in total. The third-order valence-corrected chi connectivity index (χ3v) is 4.50. The molecule has 0 aliphatic heterocycles. The Labute approximate surface area is 128 Å². The summed E-state index contributed by atoms with van der Waals surface area (Å²) in [6.45, 7) is 7.39. The SMILES string of the molecule is CCc1nn(-c2nc(C)cc(C)n2)c(CC)c1S(=O)(=O)Cl.